The molecule has 1 fully saturated rings. The first kappa shape index (κ1) is 11.6. The summed E-state index contributed by atoms with van der Waals surface area (Å²) in [6.07, 6.45) is 2.67. The molecular weight excluding hydrogens is 224 g/mol. The highest BCUT2D eigenvalue weighted by atomic mass is 35.5. The molecule has 1 saturated heterocycles. The molecule has 1 atom stereocenters. The zero-order chi connectivity index (χ0) is 11.5. The summed E-state index contributed by atoms with van der Waals surface area (Å²) < 4.78 is 5.47. The van der Waals surface area contributed by atoms with E-state index in [0.29, 0.717) is 17.2 Å². The van der Waals surface area contributed by atoms with Crippen LogP contribution in [0.2, 0.25) is 5.02 Å². The van der Waals surface area contributed by atoms with Gasteiger partial charge in [-0.3, -0.25) is 4.79 Å². The number of rotatable bonds is 2. The van der Waals surface area contributed by atoms with E-state index in [9.17, 15) is 4.79 Å². The molecule has 1 unspecified atom stereocenters. The van der Waals surface area contributed by atoms with Gasteiger partial charge in [0.05, 0.1) is 0 Å². The lowest BCUT2D eigenvalue weighted by Crippen LogP contribution is -2.28. The lowest BCUT2D eigenvalue weighted by Gasteiger charge is -2.21. The second-order valence-corrected chi connectivity index (χ2v) is 4.59. The normalized spacial score (nSPS) is 20.8. The Morgan fingerprint density at radius 2 is 2.25 bits per heavy atom. The molecule has 1 aliphatic rings. The van der Waals surface area contributed by atoms with Gasteiger partial charge in [0.25, 0.3) is 0 Å². The van der Waals surface area contributed by atoms with E-state index in [1.807, 2.05) is 19.1 Å². The molecule has 2 nitrogen and oxygen atoms in total. The molecule has 0 N–H and O–H groups in total. The third-order valence-electron chi connectivity index (χ3n) is 2.93. The van der Waals surface area contributed by atoms with Gasteiger partial charge in [0, 0.05) is 17.2 Å². The number of ketones is 1. The Morgan fingerprint density at radius 1 is 1.44 bits per heavy atom. The Bertz CT molecular complexity index is 395. The lowest BCUT2D eigenvalue weighted by molar-refractivity contribution is 0.0186. The first-order valence-electron chi connectivity index (χ1n) is 5.60. The zero-order valence-electron chi connectivity index (χ0n) is 9.33. The summed E-state index contributed by atoms with van der Waals surface area (Å²) in [6, 6.07) is 5.43. The summed E-state index contributed by atoms with van der Waals surface area (Å²) in [4.78, 5) is 12.1. The summed E-state index contributed by atoms with van der Waals surface area (Å²) in [5.74, 6) is 0.0570. The van der Waals surface area contributed by atoms with Gasteiger partial charge in [-0.2, -0.15) is 0 Å². The van der Waals surface area contributed by atoms with Crippen LogP contribution in [0.15, 0.2) is 18.2 Å². The van der Waals surface area contributed by atoms with Crippen LogP contribution in [-0.2, 0) is 4.74 Å². The van der Waals surface area contributed by atoms with Gasteiger partial charge in [0.1, 0.15) is 6.10 Å². The van der Waals surface area contributed by atoms with Crippen molar-refractivity contribution in [2.75, 3.05) is 6.61 Å². The third kappa shape index (κ3) is 2.45. The van der Waals surface area contributed by atoms with Crippen molar-refractivity contribution in [3.8, 4) is 0 Å². The van der Waals surface area contributed by atoms with Crippen LogP contribution in [-0.4, -0.2) is 18.5 Å². The van der Waals surface area contributed by atoms with Crippen molar-refractivity contribution in [1.82, 2.24) is 0 Å². The minimum atomic E-state index is -0.271. The standard InChI is InChI=1S/C13H15ClO2/c1-9-5-6-10(8-11(9)14)13(15)12-4-2-3-7-16-12/h5-6,8,12H,2-4,7H2,1H3. The summed E-state index contributed by atoms with van der Waals surface area (Å²) >= 11 is 6.00. The van der Waals surface area contributed by atoms with Crippen LogP contribution in [0.4, 0.5) is 0 Å². The van der Waals surface area contributed by atoms with Gasteiger partial charge in [0.15, 0.2) is 5.78 Å². The molecule has 0 radical (unpaired) electrons. The van der Waals surface area contributed by atoms with Crippen LogP contribution >= 0.6 is 11.6 Å². The molecule has 0 bridgehead atoms. The predicted molar refractivity (Wildman–Crippen MR) is 64.1 cm³/mol. The summed E-state index contributed by atoms with van der Waals surface area (Å²) in [6.45, 7) is 2.61. The molecule has 1 aromatic carbocycles. The van der Waals surface area contributed by atoms with Crippen molar-refractivity contribution in [2.24, 2.45) is 0 Å². The van der Waals surface area contributed by atoms with Gasteiger partial charge in [-0.25, -0.2) is 0 Å². The monoisotopic (exact) mass is 238 g/mol. The van der Waals surface area contributed by atoms with Crippen LogP contribution in [0.5, 0.6) is 0 Å². The maximum Gasteiger partial charge on any atom is 0.191 e. The van der Waals surface area contributed by atoms with Gasteiger partial charge in [-0.15, -0.1) is 0 Å². The van der Waals surface area contributed by atoms with Gasteiger partial charge < -0.3 is 4.74 Å². The number of ether oxygens (including phenoxy) is 1. The molecule has 16 heavy (non-hydrogen) atoms. The highest BCUT2D eigenvalue weighted by molar-refractivity contribution is 6.31. The summed E-state index contributed by atoms with van der Waals surface area (Å²) in [5.41, 5.74) is 1.64. The van der Waals surface area contributed by atoms with E-state index in [4.69, 9.17) is 16.3 Å². The maximum absolute atomic E-state index is 12.1. The van der Waals surface area contributed by atoms with Crippen molar-refractivity contribution in [2.45, 2.75) is 32.3 Å². The molecule has 0 saturated carbocycles. The van der Waals surface area contributed by atoms with Crippen LogP contribution in [0.25, 0.3) is 0 Å². The van der Waals surface area contributed by atoms with E-state index in [1.54, 1.807) is 6.07 Å². The maximum atomic E-state index is 12.1. The topological polar surface area (TPSA) is 26.3 Å². The number of carbonyl (C=O) groups is 1. The Balaban J connectivity index is 2.16. The second kappa shape index (κ2) is 4.98. The molecule has 1 heterocycles. The fourth-order valence-corrected chi connectivity index (χ4v) is 2.06. The van der Waals surface area contributed by atoms with Crippen molar-refractivity contribution >= 4 is 17.4 Å². The largest absolute Gasteiger partial charge is 0.370 e. The molecule has 0 aliphatic carbocycles. The number of hydrogen-bond donors (Lipinski definition) is 0. The zero-order valence-corrected chi connectivity index (χ0v) is 10.1. The molecule has 3 heteroatoms. The number of hydrogen-bond acceptors (Lipinski definition) is 2. The van der Waals surface area contributed by atoms with E-state index in [-0.39, 0.29) is 11.9 Å². The fraction of sp³-hybridized carbons (Fsp3) is 0.462. The number of halogens is 1. The van der Waals surface area contributed by atoms with Crippen molar-refractivity contribution < 1.29 is 9.53 Å². The molecule has 0 spiro atoms. The Kier molecular flexibility index (Phi) is 3.62. The van der Waals surface area contributed by atoms with Crippen LogP contribution in [0, 0.1) is 6.92 Å². The predicted octanol–water partition coefficient (Wildman–Crippen LogP) is 3.40. The van der Waals surface area contributed by atoms with Gasteiger partial charge >= 0.3 is 0 Å². The smallest absolute Gasteiger partial charge is 0.191 e. The number of benzene rings is 1. The average molecular weight is 239 g/mol. The summed E-state index contributed by atoms with van der Waals surface area (Å²) in [7, 11) is 0. The molecular formula is C13H15ClO2. The van der Waals surface area contributed by atoms with Crippen LogP contribution < -0.4 is 0 Å². The first-order chi connectivity index (χ1) is 7.68. The van der Waals surface area contributed by atoms with Crippen LogP contribution in [0.3, 0.4) is 0 Å². The number of aryl methyl sites for hydroxylation is 1. The Morgan fingerprint density at radius 3 is 2.88 bits per heavy atom. The first-order valence-corrected chi connectivity index (χ1v) is 5.98. The molecule has 2 rings (SSSR count). The van der Waals surface area contributed by atoms with Gasteiger partial charge in [-0.05, 0) is 37.8 Å². The molecule has 1 aromatic rings. The van der Waals surface area contributed by atoms with Crippen molar-refractivity contribution in [3.05, 3.63) is 34.3 Å². The highest BCUT2D eigenvalue weighted by Crippen LogP contribution is 2.21. The number of Topliss-reactive ketones (excluding diaryl/α,β-unsaturated/α-hetero) is 1. The fourth-order valence-electron chi connectivity index (χ4n) is 1.88. The minimum absolute atomic E-state index is 0.0570. The van der Waals surface area contributed by atoms with E-state index in [0.717, 1.165) is 24.8 Å². The van der Waals surface area contributed by atoms with E-state index in [2.05, 4.69) is 0 Å². The van der Waals surface area contributed by atoms with Crippen molar-refractivity contribution in [1.29, 1.82) is 0 Å². The Hall–Kier alpha value is -0.860. The molecule has 0 aromatic heterocycles. The highest BCUT2D eigenvalue weighted by Gasteiger charge is 2.23. The quantitative estimate of drug-likeness (QED) is 0.739. The SMILES string of the molecule is Cc1ccc(C(=O)C2CCCCO2)cc1Cl. The molecule has 0 amide bonds. The number of carbonyl (C=O) groups excluding carboxylic acids is 1. The minimum Gasteiger partial charge on any atom is -0.370 e. The third-order valence-corrected chi connectivity index (χ3v) is 3.34. The van der Waals surface area contributed by atoms with Crippen LogP contribution in [0.1, 0.15) is 35.2 Å². The van der Waals surface area contributed by atoms with E-state index >= 15 is 0 Å². The van der Waals surface area contributed by atoms with Gasteiger partial charge in [-0.1, -0.05) is 23.7 Å². The second-order valence-electron chi connectivity index (χ2n) is 4.18. The molecule has 1 aliphatic heterocycles. The summed E-state index contributed by atoms with van der Waals surface area (Å²) in [5, 5.41) is 0.640. The van der Waals surface area contributed by atoms with Gasteiger partial charge in [0.2, 0.25) is 0 Å². The van der Waals surface area contributed by atoms with E-state index < -0.39 is 0 Å². The van der Waals surface area contributed by atoms with E-state index in [1.165, 1.54) is 0 Å². The molecule has 86 valence electrons. The lowest BCUT2D eigenvalue weighted by atomic mass is 9.99. The average Bonchev–Trinajstić information content (AvgIpc) is 2.33. The Labute approximate surface area is 101 Å². The van der Waals surface area contributed by atoms with Crippen molar-refractivity contribution in [3.63, 3.8) is 0 Å².